The van der Waals surface area contributed by atoms with Crippen LogP contribution in [0.25, 0.3) is 11.5 Å². The highest BCUT2D eigenvalue weighted by atomic mass is 35.5. The van der Waals surface area contributed by atoms with Gasteiger partial charge in [-0.1, -0.05) is 11.6 Å². The van der Waals surface area contributed by atoms with Crippen molar-refractivity contribution in [2.45, 2.75) is 0 Å². The number of aromatic amines is 1. The molecule has 3 rings (SSSR count). The Morgan fingerprint density at radius 3 is 2.88 bits per heavy atom. The molecule has 0 unspecified atom stereocenters. The molecular formula is C8H6ClN7O. The Hall–Kier alpha value is -2.35. The van der Waals surface area contributed by atoms with Crippen LogP contribution in [0.15, 0.2) is 23.1 Å². The van der Waals surface area contributed by atoms with E-state index in [2.05, 4.69) is 20.4 Å². The molecule has 3 aromatic heterocycles. The zero-order valence-electron chi connectivity index (χ0n) is 8.33. The van der Waals surface area contributed by atoms with Gasteiger partial charge >= 0.3 is 5.69 Å². The van der Waals surface area contributed by atoms with Gasteiger partial charge in [0.2, 0.25) is 0 Å². The number of nitrogens with zero attached hydrogens (tertiary/aromatic N) is 5. The summed E-state index contributed by atoms with van der Waals surface area (Å²) in [7, 11) is 0. The van der Waals surface area contributed by atoms with E-state index in [4.69, 9.17) is 17.3 Å². The zero-order valence-corrected chi connectivity index (χ0v) is 9.09. The van der Waals surface area contributed by atoms with Gasteiger partial charge in [-0.3, -0.25) is 0 Å². The van der Waals surface area contributed by atoms with Crippen molar-refractivity contribution < 1.29 is 0 Å². The molecule has 3 aromatic rings. The van der Waals surface area contributed by atoms with Gasteiger partial charge in [-0.2, -0.15) is 9.61 Å². The molecule has 17 heavy (non-hydrogen) atoms. The van der Waals surface area contributed by atoms with Crippen LogP contribution < -0.4 is 11.4 Å². The third kappa shape index (κ3) is 1.46. The summed E-state index contributed by atoms with van der Waals surface area (Å²) in [6.07, 6.45) is 1.51. The van der Waals surface area contributed by atoms with Crippen LogP contribution in [0, 0.1) is 0 Å². The lowest BCUT2D eigenvalue weighted by atomic mass is 10.5. The predicted octanol–water partition coefficient (Wildman–Crippen LogP) is -0.161. The molecule has 9 heteroatoms. The standard InChI is InChI=1S/C8H6ClN7O/c9-4-3-15(14-7(4)10)6-2-1-5-11-12-8(17)16(5)13-6/h1-3H,(H2,10,14)(H,12,17). The van der Waals surface area contributed by atoms with Crippen LogP contribution in [0.5, 0.6) is 0 Å². The number of rotatable bonds is 1. The van der Waals surface area contributed by atoms with Gasteiger partial charge in [-0.05, 0) is 12.1 Å². The number of H-pyrrole nitrogens is 1. The van der Waals surface area contributed by atoms with Gasteiger partial charge in [0.05, 0.1) is 6.20 Å². The van der Waals surface area contributed by atoms with Crippen molar-refractivity contribution >= 4 is 23.1 Å². The summed E-state index contributed by atoms with van der Waals surface area (Å²) in [5, 5.41) is 14.4. The summed E-state index contributed by atoms with van der Waals surface area (Å²) >= 11 is 5.78. The second-order valence-electron chi connectivity index (χ2n) is 3.30. The average Bonchev–Trinajstić information content (AvgIpc) is 2.84. The number of nitrogen functional groups attached to an aromatic ring is 1. The lowest BCUT2D eigenvalue weighted by molar-refractivity contribution is 0.781. The highest BCUT2D eigenvalue weighted by Crippen LogP contribution is 2.17. The van der Waals surface area contributed by atoms with Crippen LogP contribution in [-0.2, 0) is 0 Å². The highest BCUT2D eigenvalue weighted by molar-refractivity contribution is 6.32. The van der Waals surface area contributed by atoms with Crippen molar-refractivity contribution in [1.29, 1.82) is 0 Å². The molecule has 0 radical (unpaired) electrons. The van der Waals surface area contributed by atoms with E-state index in [-0.39, 0.29) is 5.82 Å². The van der Waals surface area contributed by atoms with E-state index >= 15 is 0 Å². The van der Waals surface area contributed by atoms with Gasteiger partial charge in [-0.15, -0.1) is 10.2 Å². The van der Waals surface area contributed by atoms with Crippen molar-refractivity contribution in [3.8, 4) is 5.82 Å². The molecule has 0 fully saturated rings. The van der Waals surface area contributed by atoms with Crippen LogP contribution in [-0.4, -0.2) is 29.6 Å². The minimum atomic E-state index is -0.423. The van der Waals surface area contributed by atoms with Gasteiger partial charge in [0.15, 0.2) is 17.3 Å². The fraction of sp³-hybridized carbons (Fsp3) is 0. The minimum Gasteiger partial charge on any atom is -0.381 e. The molecule has 0 aliphatic carbocycles. The fourth-order valence-electron chi connectivity index (χ4n) is 1.40. The third-order valence-corrected chi connectivity index (χ3v) is 2.48. The molecule has 86 valence electrons. The highest BCUT2D eigenvalue weighted by Gasteiger charge is 2.08. The molecule has 0 saturated heterocycles. The Morgan fingerprint density at radius 1 is 1.35 bits per heavy atom. The molecule has 0 bridgehead atoms. The first-order valence-corrected chi connectivity index (χ1v) is 4.98. The predicted molar refractivity (Wildman–Crippen MR) is 60.2 cm³/mol. The summed E-state index contributed by atoms with van der Waals surface area (Å²) in [5.74, 6) is 0.618. The number of nitrogens with two attached hydrogens (primary N) is 1. The molecule has 8 nitrogen and oxygen atoms in total. The first-order chi connectivity index (χ1) is 8.15. The number of anilines is 1. The van der Waals surface area contributed by atoms with Crippen molar-refractivity contribution in [3.63, 3.8) is 0 Å². The Morgan fingerprint density at radius 2 is 2.18 bits per heavy atom. The maximum atomic E-state index is 11.3. The topological polar surface area (TPSA) is 107 Å². The van der Waals surface area contributed by atoms with Crippen LogP contribution in [0.3, 0.4) is 0 Å². The summed E-state index contributed by atoms with van der Waals surface area (Å²) in [4.78, 5) is 11.3. The van der Waals surface area contributed by atoms with E-state index < -0.39 is 5.69 Å². The lowest BCUT2D eigenvalue weighted by Gasteiger charge is -1.98. The molecule has 0 aromatic carbocycles. The maximum absolute atomic E-state index is 11.3. The Kier molecular flexibility index (Phi) is 1.92. The molecule has 0 aliphatic heterocycles. The third-order valence-electron chi connectivity index (χ3n) is 2.19. The van der Waals surface area contributed by atoms with E-state index in [1.54, 1.807) is 12.1 Å². The van der Waals surface area contributed by atoms with E-state index in [1.165, 1.54) is 10.9 Å². The normalized spacial score (nSPS) is 11.1. The number of nitrogens with one attached hydrogen (secondary N) is 1. The lowest BCUT2D eigenvalue weighted by Crippen LogP contribution is -2.14. The summed E-state index contributed by atoms with van der Waals surface area (Å²) in [6.45, 7) is 0. The SMILES string of the molecule is Nc1nn(-c2ccc3n[nH]c(=O)n3n2)cc1Cl. The van der Waals surface area contributed by atoms with Crippen LogP contribution in [0.2, 0.25) is 5.02 Å². The summed E-state index contributed by atoms with van der Waals surface area (Å²) in [6, 6.07) is 3.28. The van der Waals surface area contributed by atoms with E-state index in [9.17, 15) is 4.79 Å². The summed E-state index contributed by atoms with van der Waals surface area (Å²) in [5.41, 5.74) is 5.52. The van der Waals surface area contributed by atoms with Crippen molar-refractivity contribution in [2.75, 3.05) is 5.73 Å². The first-order valence-electron chi connectivity index (χ1n) is 4.60. The van der Waals surface area contributed by atoms with Crippen molar-refractivity contribution in [1.82, 2.24) is 29.6 Å². The molecular weight excluding hydrogens is 246 g/mol. The maximum Gasteiger partial charge on any atom is 0.364 e. The Labute approximate surface area is 98.6 Å². The largest absolute Gasteiger partial charge is 0.381 e. The van der Waals surface area contributed by atoms with Crippen LogP contribution in [0.4, 0.5) is 5.82 Å². The first kappa shape index (κ1) is 9.85. The molecule has 0 aliphatic rings. The molecule has 0 atom stereocenters. The molecule has 3 heterocycles. The van der Waals surface area contributed by atoms with Gasteiger partial charge in [0, 0.05) is 0 Å². The minimum absolute atomic E-state index is 0.202. The number of hydrogen-bond acceptors (Lipinski definition) is 5. The Balaban J connectivity index is 2.23. The second-order valence-corrected chi connectivity index (χ2v) is 3.70. The summed E-state index contributed by atoms with van der Waals surface area (Å²) < 4.78 is 2.51. The number of fused-ring (bicyclic) bond motifs is 1. The quantitative estimate of drug-likeness (QED) is 0.625. The van der Waals surface area contributed by atoms with Crippen LogP contribution >= 0.6 is 11.6 Å². The second kappa shape index (κ2) is 3.32. The number of aromatic nitrogens is 6. The number of hydrogen-bond donors (Lipinski definition) is 2. The van der Waals surface area contributed by atoms with Crippen molar-refractivity contribution in [3.05, 3.63) is 33.8 Å². The van der Waals surface area contributed by atoms with E-state index in [0.717, 1.165) is 4.52 Å². The van der Waals surface area contributed by atoms with E-state index in [0.29, 0.717) is 16.5 Å². The van der Waals surface area contributed by atoms with Crippen molar-refractivity contribution in [2.24, 2.45) is 0 Å². The molecule has 0 amide bonds. The zero-order chi connectivity index (χ0) is 12.0. The van der Waals surface area contributed by atoms with Gasteiger partial charge < -0.3 is 5.73 Å². The smallest absolute Gasteiger partial charge is 0.364 e. The van der Waals surface area contributed by atoms with Gasteiger partial charge in [0.1, 0.15) is 5.02 Å². The van der Waals surface area contributed by atoms with Gasteiger partial charge in [0.25, 0.3) is 0 Å². The van der Waals surface area contributed by atoms with E-state index in [1.807, 2.05) is 0 Å². The fourth-order valence-corrected chi connectivity index (χ4v) is 1.53. The van der Waals surface area contributed by atoms with Crippen LogP contribution in [0.1, 0.15) is 0 Å². The monoisotopic (exact) mass is 251 g/mol. The number of halogens is 1. The Bertz CT molecular complexity index is 735. The molecule has 0 spiro atoms. The molecule has 3 N–H and O–H groups in total. The average molecular weight is 252 g/mol. The molecule has 0 saturated carbocycles. The van der Waals surface area contributed by atoms with Gasteiger partial charge in [-0.25, -0.2) is 14.6 Å².